The Morgan fingerprint density at radius 1 is 1.67 bits per heavy atom. The molecule has 3 heteroatoms. The zero-order chi connectivity index (χ0) is 4.99. The minimum absolute atomic E-state index is 0.148. The molecule has 0 aromatic heterocycles. The van der Waals surface area contributed by atoms with Crippen molar-refractivity contribution in [2.75, 3.05) is 0 Å². The third kappa shape index (κ3) is 4.03. The van der Waals surface area contributed by atoms with Gasteiger partial charge < -0.3 is 0 Å². The molecule has 0 rings (SSSR count). The summed E-state index contributed by atoms with van der Waals surface area (Å²) in [6, 6.07) is 0. The van der Waals surface area contributed by atoms with Crippen LogP contribution in [0.2, 0.25) is 0 Å². The van der Waals surface area contributed by atoms with E-state index in [0.717, 1.165) is 0 Å². The summed E-state index contributed by atoms with van der Waals surface area (Å²) in [5.74, 6) is 0. The van der Waals surface area contributed by atoms with Gasteiger partial charge in [0.2, 0.25) is 0 Å². The zero-order valence-corrected chi connectivity index (χ0v) is 4.22. The number of rotatable bonds is 0. The molecule has 0 N–H and O–H groups in total. The summed E-state index contributed by atoms with van der Waals surface area (Å²) >= 11 is 9.76. The molecule has 6 heavy (non-hydrogen) atoms. The van der Waals surface area contributed by atoms with E-state index in [1.54, 1.807) is 0 Å². The van der Waals surface area contributed by atoms with Gasteiger partial charge in [0, 0.05) is 0 Å². The van der Waals surface area contributed by atoms with Crippen LogP contribution in [0.1, 0.15) is 0 Å². The normalized spacial score (nSPS) is 6.50. The molecule has 0 saturated carbocycles. The number of hydrogen-bond donors (Lipinski definition) is 0. The van der Waals surface area contributed by atoms with Crippen molar-refractivity contribution in [2.45, 2.75) is 0 Å². The molecule has 0 aliphatic carbocycles. The van der Waals surface area contributed by atoms with Crippen molar-refractivity contribution in [2.24, 2.45) is 0 Å². The highest BCUT2D eigenvalue weighted by Gasteiger charge is 1.69. The molecule has 0 aromatic rings. The first-order chi connectivity index (χ1) is 2.77. The van der Waals surface area contributed by atoms with Crippen LogP contribution in [-0.2, 0) is 0 Å². The van der Waals surface area contributed by atoms with E-state index in [2.05, 4.69) is 0 Å². The molecule has 0 amide bonds. The van der Waals surface area contributed by atoms with Crippen LogP contribution in [0.3, 0.4) is 0 Å². The second-order valence-corrected chi connectivity index (χ2v) is 1.46. The first-order valence-corrected chi connectivity index (χ1v) is 1.89. The van der Waals surface area contributed by atoms with Gasteiger partial charge in [-0.25, -0.2) is 4.39 Å². The van der Waals surface area contributed by atoms with Crippen LogP contribution in [0.25, 0.3) is 0 Å². The van der Waals surface area contributed by atoms with E-state index >= 15 is 0 Å². The van der Waals surface area contributed by atoms with E-state index < -0.39 is 0 Å². The van der Waals surface area contributed by atoms with Crippen LogP contribution in [0.5, 0.6) is 0 Å². The molecule has 0 heterocycles. The molecule has 34 valence electrons. The largest absolute Gasteiger partial charge is 0.206 e. The van der Waals surface area contributed by atoms with Crippen molar-refractivity contribution < 1.29 is 4.39 Å². The summed E-state index contributed by atoms with van der Waals surface area (Å²) < 4.78 is 10.6. The minimum atomic E-state index is -0.197. The molecule has 0 unspecified atom stereocenters. The summed E-state index contributed by atoms with van der Waals surface area (Å²) in [5.41, 5.74) is 1.86. The number of hydrogen-bond acceptors (Lipinski definition) is 0. The van der Waals surface area contributed by atoms with Gasteiger partial charge in [-0.2, -0.15) is 0 Å². The molecular formula is C3HCl2F. The quantitative estimate of drug-likeness (QED) is 0.438. The lowest BCUT2D eigenvalue weighted by Crippen LogP contribution is -1.34. The maximum absolute atomic E-state index is 10.8. The van der Waals surface area contributed by atoms with E-state index in [1.807, 2.05) is 5.73 Å². The average molecular weight is 127 g/mol. The van der Waals surface area contributed by atoms with Gasteiger partial charge in [0.05, 0.1) is 0 Å². The summed E-state index contributed by atoms with van der Waals surface area (Å²) in [7, 11) is 0. The van der Waals surface area contributed by atoms with Crippen molar-refractivity contribution >= 4 is 23.2 Å². The Labute approximate surface area is 44.9 Å². The van der Waals surface area contributed by atoms with Crippen molar-refractivity contribution in [1.82, 2.24) is 0 Å². The van der Waals surface area contributed by atoms with Gasteiger partial charge >= 0.3 is 0 Å². The fourth-order valence-corrected chi connectivity index (χ4v) is 0.124. The van der Waals surface area contributed by atoms with Crippen molar-refractivity contribution in [3.05, 3.63) is 16.6 Å². The molecule has 0 bridgehead atoms. The number of halogens is 3. The molecule has 0 aromatic carbocycles. The van der Waals surface area contributed by atoms with E-state index in [4.69, 9.17) is 23.2 Å². The Bertz CT molecular complexity index is 87.0. The summed E-state index contributed by atoms with van der Waals surface area (Å²) in [6.07, 6.45) is 0.148. The van der Waals surface area contributed by atoms with Crippen molar-refractivity contribution in [3.63, 3.8) is 0 Å². The van der Waals surface area contributed by atoms with Gasteiger partial charge in [0.25, 0.3) is 0 Å². The lowest BCUT2D eigenvalue weighted by atomic mass is 11.0. The highest BCUT2D eigenvalue weighted by molar-refractivity contribution is 6.55. The minimum Gasteiger partial charge on any atom is -0.206 e. The Hall–Kier alpha value is 0.0300. The van der Waals surface area contributed by atoms with Crippen LogP contribution < -0.4 is 0 Å². The zero-order valence-electron chi connectivity index (χ0n) is 2.71. The maximum atomic E-state index is 10.8. The van der Waals surface area contributed by atoms with Crippen LogP contribution in [0, 0.1) is 0 Å². The SMILES string of the molecule is FC=C=C(Cl)Cl. The monoisotopic (exact) mass is 126 g/mol. The molecule has 0 aliphatic rings. The molecule has 0 saturated heterocycles. The lowest BCUT2D eigenvalue weighted by molar-refractivity contribution is 0.723. The Kier molecular flexibility index (Phi) is 3.24. The second kappa shape index (κ2) is 3.23. The summed E-state index contributed by atoms with van der Waals surface area (Å²) in [6.45, 7) is 0. The fourth-order valence-electron chi connectivity index (χ4n) is 0.0412. The van der Waals surface area contributed by atoms with Crippen LogP contribution in [0.4, 0.5) is 4.39 Å². The topological polar surface area (TPSA) is 0 Å². The lowest BCUT2D eigenvalue weighted by Gasteiger charge is -1.61. The predicted molar refractivity (Wildman–Crippen MR) is 24.4 cm³/mol. The highest BCUT2D eigenvalue weighted by atomic mass is 35.5. The molecular weight excluding hydrogens is 126 g/mol. The summed E-state index contributed by atoms with van der Waals surface area (Å²) in [4.78, 5) is 0. The van der Waals surface area contributed by atoms with Gasteiger partial charge in [-0.1, -0.05) is 28.9 Å². The second-order valence-electron chi connectivity index (χ2n) is 0.514. The van der Waals surface area contributed by atoms with Gasteiger partial charge in [0.1, 0.15) is 6.33 Å². The molecule has 0 aliphatic heterocycles. The molecule has 0 radical (unpaired) electrons. The predicted octanol–water partition coefficient (Wildman–Crippen LogP) is 2.39. The Morgan fingerprint density at radius 2 is 2.17 bits per heavy atom. The standard InChI is InChI=1S/C3HCl2F/c4-3(5)1-2-6/h2H. The molecule has 0 fully saturated rings. The Balaban J connectivity index is 3.73. The van der Waals surface area contributed by atoms with Gasteiger partial charge in [-0.15, -0.1) is 0 Å². The molecule has 0 nitrogen and oxygen atoms in total. The van der Waals surface area contributed by atoms with Crippen molar-refractivity contribution in [3.8, 4) is 0 Å². The van der Waals surface area contributed by atoms with Crippen LogP contribution in [-0.4, -0.2) is 0 Å². The van der Waals surface area contributed by atoms with Crippen LogP contribution >= 0.6 is 23.2 Å². The fraction of sp³-hybridized carbons (Fsp3) is 0. The Morgan fingerprint density at radius 3 is 2.17 bits per heavy atom. The average Bonchev–Trinajstić information content (AvgIpc) is 1.35. The third-order valence-electron chi connectivity index (χ3n) is 0.164. The molecule has 0 spiro atoms. The smallest absolute Gasteiger partial charge is 0.151 e. The molecule has 0 atom stereocenters. The van der Waals surface area contributed by atoms with E-state index in [0.29, 0.717) is 0 Å². The third-order valence-corrected chi connectivity index (χ3v) is 0.382. The van der Waals surface area contributed by atoms with E-state index in [1.165, 1.54) is 0 Å². The first-order valence-electron chi connectivity index (χ1n) is 1.13. The summed E-state index contributed by atoms with van der Waals surface area (Å²) in [5, 5.41) is 0. The van der Waals surface area contributed by atoms with Crippen molar-refractivity contribution in [1.29, 1.82) is 0 Å². The van der Waals surface area contributed by atoms with E-state index in [-0.39, 0.29) is 10.8 Å². The van der Waals surface area contributed by atoms with E-state index in [9.17, 15) is 4.39 Å². The van der Waals surface area contributed by atoms with Crippen LogP contribution in [0.15, 0.2) is 16.6 Å². The van der Waals surface area contributed by atoms with Gasteiger partial charge in [0.15, 0.2) is 4.49 Å². The highest BCUT2D eigenvalue weighted by Crippen LogP contribution is 2.01. The first kappa shape index (κ1) is 6.03. The maximum Gasteiger partial charge on any atom is 0.151 e. The van der Waals surface area contributed by atoms with Gasteiger partial charge in [-0.3, -0.25) is 0 Å². The van der Waals surface area contributed by atoms with Gasteiger partial charge in [-0.05, 0) is 0 Å².